The van der Waals surface area contributed by atoms with Gasteiger partial charge in [0, 0.05) is 38.2 Å². The topological polar surface area (TPSA) is 101 Å². The second-order valence-electron chi connectivity index (χ2n) is 7.62. The summed E-state index contributed by atoms with van der Waals surface area (Å²) < 4.78 is 11.0. The lowest BCUT2D eigenvalue weighted by molar-refractivity contribution is -0.123. The molecule has 2 aromatic rings. The second-order valence-corrected chi connectivity index (χ2v) is 7.62. The van der Waals surface area contributed by atoms with Crippen LogP contribution in [-0.4, -0.2) is 43.3 Å². The van der Waals surface area contributed by atoms with Gasteiger partial charge >= 0.3 is 0 Å². The lowest BCUT2D eigenvalue weighted by Gasteiger charge is -2.12. The molecule has 3 N–H and O–H groups in total. The van der Waals surface area contributed by atoms with E-state index >= 15 is 0 Å². The standard InChI is InChI=1S/C23H33N5O3/c1-4-20-19(21(5-2)31-28-20)14-26-23(24-3)25-13-12-16-6-10-18(11-7-16)30-15-22(29)27-17-8-9-17/h6-7,10-11,17H,4-5,8-9,12-15H2,1-3H3,(H,27,29)(H2,24,25,26). The van der Waals surface area contributed by atoms with Crippen LogP contribution in [0.3, 0.4) is 0 Å². The van der Waals surface area contributed by atoms with Gasteiger partial charge in [0.1, 0.15) is 11.5 Å². The lowest BCUT2D eigenvalue weighted by Crippen LogP contribution is -2.38. The predicted molar refractivity (Wildman–Crippen MR) is 120 cm³/mol. The Bertz CT molecular complexity index is 850. The zero-order valence-electron chi connectivity index (χ0n) is 18.7. The fourth-order valence-corrected chi connectivity index (χ4v) is 3.25. The first-order valence-electron chi connectivity index (χ1n) is 11.0. The maximum absolute atomic E-state index is 11.7. The van der Waals surface area contributed by atoms with Gasteiger partial charge in [0.15, 0.2) is 12.6 Å². The van der Waals surface area contributed by atoms with Crippen molar-refractivity contribution in [1.82, 2.24) is 21.1 Å². The van der Waals surface area contributed by atoms with Gasteiger partial charge in [-0.1, -0.05) is 31.1 Å². The molecule has 3 rings (SSSR count). The number of nitrogens with zero attached hydrogens (tertiary/aromatic N) is 2. The molecule has 1 fully saturated rings. The van der Waals surface area contributed by atoms with Crippen LogP contribution in [0.5, 0.6) is 5.75 Å². The molecule has 1 heterocycles. The van der Waals surface area contributed by atoms with Crippen LogP contribution >= 0.6 is 0 Å². The van der Waals surface area contributed by atoms with E-state index < -0.39 is 0 Å². The van der Waals surface area contributed by atoms with Crippen molar-refractivity contribution in [2.24, 2.45) is 4.99 Å². The highest BCUT2D eigenvalue weighted by molar-refractivity contribution is 5.79. The van der Waals surface area contributed by atoms with Gasteiger partial charge in [0.05, 0.1) is 5.69 Å². The van der Waals surface area contributed by atoms with Crippen LogP contribution in [0.2, 0.25) is 0 Å². The largest absolute Gasteiger partial charge is 0.484 e. The van der Waals surface area contributed by atoms with Gasteiger partial charge in [-0.25, -0.2) is 0 Å². The third kappa shape index (κ3) is 7.01. The van der Waals surface area contributed by atoms with Crippen molar-refractivity contribution in [3.63, 3.8) is 0 Å². The first-order valence-corrected chi connectivity index (χ1v) is 11.0. The number of aromatic nitrogens is 1. The minimum atomic E-state index is -0.0574. The Morgan fingerprint density at radius 2 is 1.97 bits per heavy atom. The summed E-state index contributed by atoms with van der Waals surface area (Å²) in [5, 5.41) is 13.7. The Kier molecular flexibility index (Phi) is 8.32. The number of hydrogen-bond donors (Lipinski definition) is 3. The summed E-state index contributed by atoms with van der Waals surface area (Å²) in [5.74, 6) is 2.31. The molecule has 1 saturated carbocycles. The summed E-state index contributed by atoms with van der Waals surface area (Å²) in [6, 6.07) is 8.19. The minimum absolute atomic E-state index is 0.0574. The van der Waals surface area contributed by atoms with Crippen LogP contribution in [0.25, 0.3) is 0 Å². The molecule has 0 bridgehead atoms. The van der Waals surface area contributed by atoms with Crippen molar-refractivity contribution in [3.8, 4) is 5.75 Å². The third-order valence-corrected chi connectivity index (χ3v) is 5.21. The number of aryl methyl sites for hydroxylation is 2. The average molecular weight is 428 g/mol. The number of rotatable bonds is 11. The monoisotopic (exact) mass is 427 g/mol. The van der Waals surface area contributed by atoms with Gasteiger partial charge in [0.25, 0.3) is 5.91 Å². The second kappa shape index (κ2) is 11.4. The summed E-state index contributed by atoms with van der Waals surface area (Å²) >= 11 is 0. The number of nitrogens with one attached hydrogen (secondary N) is 3. The predicted octanol–water partition coefficient (Wildman–Crippen LogP) is 2.36. The molecule has 8 nitrogen and oxygen atoms in total. The molecule has 0 aliphatic heterocycles. The lowest BCUT2D eigenvalue weighted by atomic mass is 10.1. The van der Waals surface area contributed by atoms with E-state index in [2.05, 4.69) is 39.9 Å². The molecule has 0 atom stereocenters. The maximum Gasteiger partial charge on any atom is 0.258 e. The highest BCUT2D eigenvalue weighted by atomic mass is 16.5. The molecule has 1 aromatic carbocycles. The molecule has 168 valence electrons. The van der Waals surface area contributed by atoms with Gasteiger partial charge in [-0.15, -0.1) is 0 Å². The summed E-state index contributed by atoms with van der Waals surface area (Å²) in [6.07, 6.45) is 4.66. The first kappa shape index (κ1) is 22.7. The Hall–Kier alpha value is -3.03. The van der Waals surface area contributed by atoms with Crippen LogP contribution in [-0.2, 0) is 30.6 Å². The molecule has 0 saturated heterocycles. The van der Waals surface area contributed by atoms with E-state index in [4.69, 9.17) is 9.26 Å². The van der Waals surface area contributed by atoms with E-state index in [1.54, 1.807) is 7.05 Å². The SMILES string of the molecule is CCc1noc(CC)c1CNC(=NC)NCCc1ccc(OCC(=O)NC2CC2)cc1. The highest BCUT2D eigenvalue weighted by Crippen LogP contribution is 2.18. The van der Waals surface area contributed by atoms with Crippen molar-refractivity contribution in [1.29, 1.82) is 0 Å². The van der Waals surface area contributed by atoms with Gasteiger partial charge in [-0.3, -0.25) is 9.79 Å². The smallest absolute Gasteiger partial charge is 0.258 e. The van der Waals surface area contributed by atoms with Crippen LogP contribution < -0.4 is 20.7 Å². The molecular formula is C23H33N5O3. The zero-order valence-corrected chi connectivity index (χ0v) is 18.7. The van der Waals surface area contributed by atoms with Crippen molar-refractivity contribution >= 4 is 11.9 Å². The van der Waals surface area contributed by atoms with Gasteiger partial charge in [-0.05, 0) is 43.4 Å². The van der Waals surface area contributed by atoms with E-state index in [0.717, 1.165) is 61.6 Å². The van der Waals surface area contributed by atoms with Crippen molar-refractivity contribution in [3.05, 3.63) is 46.8 Å². The zero-order chi connectivity index (χ0) is 22.1. The molecule has 0 radical (unpaired) electrons. The third-order valence-electron chi connectivity index (χ3n) is 5.21. The fraction of sp³-hybridized carbons (Fsp3) is 0.522. The fourth-order valence-electron chi connectivity index (χ4n) is 3.25. The Morgan fingerprint density at radius 3 is 2.61 bits per heavy atom. The number of benzene rings is 1. The molecular weight excluding hydrogens is 394 g/mol. The minimum Gasteiger partial charge on any atom is -0.484 e. The van der Waals surface area contributed by atoms with E-state index in [9.17, 15) is 4.79 Å². The van der Waals surface area contributed by atoms with Crippen molar-refractivity contribution in [2.75, 3.05) is 20.2 Å². The summed E-state index contributed by atoms with van der Waals surface area (Å²) in [6.45, 7) is 5.58. The van der Waals surface area contributed by atoms with Gasteiger partial charge in [-0.2, -0.15) is 0 Å². The van der Waals surface area contributed by atoms with Crippen LogP contribution in [0.4, 0.5) is 0 Å². The van der Waals surface area contributed by atoms with E-state index in [-0.39, 0.29) is 12.5 Å². The number of ether oxygens (including phenoxy) is 1. The van der Waals surface area contributed by atoms with Crippen LogP contribution in [0, 0.1) is 0 Å². The van der Waals surface area contributed by atoms with Gasteiger partial charge in [0.2, 0.25) is 0 Å². The first-order chi connectivity index (χ1) is 15.1. The Morgan fingerprint density at radius 1 is 1.19 bits per heavy atom. The van der Waals surface area contributed by atoms with E-state index in [1.165, 1.54) is 5.56 Å². The molecule has 1 amide bonds. The maximum atomic E-state index is 11.7. The van der Waals surface area contributed by atoms with Crippen molar-refractivity contribution in [2.45, 2.75) is 58.5 Å². The normalized spacial score (nSPS) is 13.7. The molecule has 1 aromatic heterocycles. The van der Waals surface area contributed by atoms with Crippen LogP contribution in [0.1, 0.15) is 49.3 Å². The molecule has 31 heavy (non-hydrogen) atoms. The van der Waals surface area contributed by atoms with Crippen LogP contribution in [0.15, 0.2) is 33.8 Å². The summed E-state index contributed by atoms with van der Waals surface area (Å²) in [5.41, 5.74) is 3.29. The number of guanidine groups is 1. The number of hydrogen-bond acceptors (Lipinski definition) is 5. The van der Waals surface area contributed by atoms with E-state index in [0.29, 0.717) is 18.3 Å². The highest BCUT2D eigenvalue weighted by Gasteiger charge is 2.23. The number of amides is 1. The molecule has 0 unspecified atom stereocenters. The number of carbonyl (C=O) groups is 1. The number of aliphatic imine (C=N–C) groups is 1. The molecule has 8 heteroatoms. The Labute approximate surface area is 183 Å². The quantitative estimate of drug-likeness (QED) is 0.376. The van der Waals surface area contributed by atoms with E-state index in [1.807, 2.05) is 24.3 Å². The average Bonchev–Trinajstić information content (AvgIpc) is 3.51. The molecule has 1 aliphatic rings. The molecule has 0 spiro atoms. The van der Waals surface area contributed by atoms with Crippen molar-refractivity contribution < 1.29 is 14.1 Å². The number of carbonyl (C=O) groups excluding carboxylic acids is 1. The summed E-state index contributed by atoms with van der Waals surface area (Å²) in [4.78, 5) is 16.0. The summed E-state index contributed by atoms with van der Waals surface area (Å²) in [7, 11) is 1.76. The van der Waals surface area contributed by atoms with Gasteiger partial charge < -0.3 is 25.2 Å². The Balaban J connectivity index is 1.39. The molecule has 1 aliphatic carbocycles.